The Bertz CT molecular complexity index is 1370. The normalized spacial score (nSPS) is 10.2. The molecular weight excluding hydrogens is 506 g/mol. The highest BCUT2D eigenvalue weighted by Gasteiger charge is 2.23. The Morgan fingerprint density at radius 1 is 1.03 bits per heavy atom. The lowest BCUT2D eigenvalue weighted by Gasteiger charge is -2.17. The summed E-state index contributed by atoms with van der Waals surface area (Å²) in [5, 5.41) is 23.0. The van der Waals surface area contributed by atoms with Crippen LogP contribution in [0.1, 0.15) is 24.5 Å². The van der Waals surface area contributed by atoms with Gasteiger partial charge in [-0.15, -0.1) is 11.8 Å². The maximum atomic E-state index is 12.5. The lowest BCUT2D eigenvalue weighted by atomic mass is 9.96. The highest BCUT2D eigenvalue weighted by molar-refractivity contribution is 7.99. The van der Waals surface area contributed by atoms with E-state index in [0.717, 1.165) is 5.75 Å². The highest BCUT2D eigenvalue weighted by atomic mass is 32.2. The molecule has 0 unspecified atom stereocenters. The Hall–Kier alpha value is -4.61. The summed E-state index contributed by atoms with van der Waals surface area (Å²) >= 11 is 1.20. The van der Waals surface area contributed by atoms with E-state index < -0.39 is 0 Å². The van der Waals surface area contributed by atoms with Gasteiger partial charge in [0.1, 0.15) is 34.3 Å². The van der Waals surface area contributed by atoms with Crippen LogP contribution in [0, 0.1) is 22.7 Å². The van der Waals surface area contributed by atoms with Crippen LogP contribution in [-0.4, -0.2) is 44.6 Å². The average molecular weight is 534 g/mol. The molecule has 0 aliphatic heterocycles. The van der Waals surface area contributed by atoms with Crippen molar-refractivity contribution >= 4 is 29.2 Å². The number of nitrogens with zero attached hydrogens (tertiary/aromatic N) is 3. The Morgan fingerprint density at radius 2 is 1.66 bits per heavy atom. The van der Waals surface area contributed by atoms with Crippen LogP contribution in [0.5, 0.6) is 23.0 Å². The van der Waals surface area contributed by atoms with E-state index in [9.17, 15) is 15.3 Å². The summed E-state index contributed by atoms with van der Waals surface area (Å²) in [4.78, 5) is 16.8. The molecule has 1 aromatic heterocycles. The zero-order valence-electron chi connectivity index (χ0n) is 21.5. The number of anilines is 2. The summed E-state index contributed by atoms with van der Waals surface area (Å²) in [5.41, 5.74) is 7.74. The van der Waals surface area contributed by atoms with Crippen LogP contribution < -0.4 is 30.0 Å². The van der Waals surface area contributed by atoms with E-state index in [0.29, 0.717) is 51.4 Å². The van der Waals surface area contributed by atoms with Crippen LogP contribution in [-0.2, 0) is 4.79 Å². The van der Waals surface area contributed by atoms with Gasteiger partial charge in [-0.25, -0.2) is 4.98 Å². The van der Waals surface area contributed by atoms with Gasteiger partial charge >= 0.3 is 0 Å². The second-order valence-corrected chi connectivity index (χ2v) is 8.75. The molecule has 0 fully saturated rings. The molecule has 3 N–H and O–H groups in total. The average Bonchev–Trinajstić information content (AvgIpc) is 2.93. The van der Waals surface area contributed by atoms with Gasteiger partial charge in [-0.1, -0.05) is 0 Å². The SMILES string of the molecule is CCOc1ccc(NC(=O)CCSc2nc(N)c(C#N)c(-c3cc(OC)c(OC)c(OC)c3)c2C#N)cc1. The van der Waals surface area contributed by atoms with Crippen LogP contribution in [0.25, 0.3) is 11.1 Å². The molecule has 0 radical (unpaired) electrons. The molecule has 0 aliphatic carbocycles. The second-order valence-electron chi connectivity index (χ2n) is 7.67. The van der Waals surface area contributed by atoms with E-state index in [1.165, 1.54) is 33.1 Å². The summed E-state index contributed by atoms with van der Waals surface area (Å²) in [5.74, 6) is 1.88. The molecule has 3 aromatic rings. The van der Waals surface area contributed by atoms with E-state index >= 15 is 0 Å². The highest BCUT2D eigenvalue weighted by Crippen LogP contribution is 2.44. The van der Waals surface area contributed by atoms with Crippen LogP contribution in [0.15, 0.2) is 41.4 Å². The minimum Gasteiger partial charge on any atom is -0.494 e. The molecule has 0 saturated heterocycles. The number of thioether (sulfide) groups is 1. The monoisotopic (exact) mass is 533 g/mol. The zero-order valence-corrected chi connectivity index (χ0v) is 22.3. The minimum atomic E-state index is -0.202. The maximum Gasteiger partial charge on any atom is 0.225 e. The largest absolute Gasteiger partial charge is 0.494 e. The first-order chi connectivity index (χ1) is 18.4. The first kappa shape index (κ1) is 28.0. The van der Waals surface area contributed by atoms with Crippen molar-refractivity contribution < 1.29 is 23.7 Å². The molecule has 0 spiro atoms. The van der Waals surface area contributed by atoms with Crippen molar-refractivity contribution in [3.63, 3.8) is 0 Å². The number of hydrogen-bond acceptors (Lipinski definition) is 10. The van der Waals surface area contributed by atoms with Gasteiger partial charge in [0.25, 0.3) is 0 Å². The van der Waals surface area contributed by atoms with Gasteiger partial charge in [0.05, 0.1) is 33.5 Å². The van der Waals surface area contributed by atoms with Crippen molar-refractivity contribution in [3.8, 4) is 46.3 Å². The number of nitrogens with one attached hydrogen (secondary N) is 1. The van der Waals surface area contributed by atoms with Gasteiger partial charge in [0, 0.05) is 23.4 Å². The van der Waals surface area contributed by atoms with Gasteiger partial charge in [-0.2, -0.15) is 10.5 Å². The number of ether oxygens (including phenoxy) is 4. The van der Waals surface area contributed by atoms with Gasteiger partial charge < -0.3 is 30.0 Å². The molecule has 1 heterocycles. The third-order valence-electron chi connectivity index (χ3n) is 5.39. The lowest BCUT2D eigenvalue weighted by Crippen LogP contribution is -2.12. The number of nitriles is 2. The number of amides is 1. The molecule has 0 saturated carbocycles. The number of nitrogens with two attached hydrogens (primary N) is 1. The lowest BCUT2D eigenvalue weighted by molar-refractivity contribution is -0.115. The molecule has 0 bridgehead atoms. The number of aromatic nitrogens is 1. The van der Waals surface area contributed by atoms with Crippen molar-refractivity contribution in [2.75, 3.05) is 44.7 Å². The van der Waals surface area contributed by atoms with E-state index in [1.54, 1.807) is 36.4 Å². The van der Waals surface area contributed by atoms with Crippen molar-refractivity contribution in [1.82, 2.24) is 4.98 Å². The fraction of sp³-hybridized carbons (Fsp3) is 0.259. The van der Waals surface area contributed by atoms with Crippen LogP contribution >= 0.6 is 11.8 Å². The summed E-state index contributed by atoms with van der Waals surface area (Å²) in [6.45, 7) is 2.46. The molecule has 10 nitrogen and oxygen atoms in total. The minimum absolute atomic E-state index is 0.0309. The molecule has 3 rings (SSSR count). The topological polar surface area (TPSA) is 153 Å². The molecule has 1 amide bonds. The molecule has 2 aromatic carbocycles. The van der Waals surface area contributed by atoms with Crippen LogP contribution in [0.2, 0.25) is 0 Å². The van der Waals surface area contributed by atoms with Gasteiger partial charge in [-0.05, 0) is 48.9 Å². The molecule has 11 heteroatoms. The first-order valence-corrected chi connectivity index (χ1v) is 12.5. The Morgan fingerprint density at radius 3 is 2.18 bits per heavy atom. The molecular formula is C27H27N5O5S. The third kappa shape index (κ3) is 6.20. The molecule has 196 valence electrons. The van der Waals surface area contributed by atoms with E-state index in [4.69, 9.17) is 24.7 Å². The third-order valence-corrected chi connectivity index (χ3v) is 6.36. The number of benzene rings is 2. The number of nitrogen functional groups attached to an aromatic ring is 1. The van der Waals surface area contributed by atoms with E-state index in [-0.39, 0.29) is 29.3 Å². The Kier molecular flexibility index (Phi) is 9.63. The van der Waals surface area contributed by atoms with Crippen molar-refractivity contribution in [2.45, 2.75) is 18.4 Å². The van der Waals surface area contributed by atoms with E-state index in [2.05, 4.69) is 16.4 Å². The van der Waals surface area contributed by atoms with Crippen molar-refractivity contribution in [2.24, 2.45) is 0 Å². The fourth-order valence-electron chi connectivity index (χ4n) is 3.68. The second kappa shape index (κ2) is 13.1. The number of pyridine rings is 1. The number of carbonyl (C=O) groups is 1. The van der Waals surface area contributed by atoms with E-state index in [1.807, 2.05) is 13.0 Å². The standard InChI is InChI=1S/C27H27N5O5S/c1-5-37-18-8-6-17(7-9-18)31-23(33)10-11-38-27-20(15-29)24(19(14-28)26(30)32-27)16-12-21(34-2)25(36-4)22(13-16)35-3/h6-9,12-13H,5,10-11H2,1-4H3,(H2,30,32)(H,31,33). The number of rotatable bonds is 11. The molecule has 38 heavy (non-hydrogen) atoms. The first-order valence-electron chi connectivity index (χ1n) is 11.5. The Labute approximate surface area is 225 Å². The number of methoxy groups -OCH3 is 3. The predicted molar refractivity (Wildman–Crippen MR) is 145 cm³/mol. The van der Waals surface area contributed by atoms with Crippen LogP contribution in [0.4, 0.5) is 11.5 Å². The smallest absolute Gasteiger partial charge is 0.225 e. The summed E-state index contributed by atoms with van der Waals surface area (Å²) < 4.78 is 21.7. The van der Waals surface area contributed by atoms with Gasteiger partial charge in [0.15, 0.2) is 11.5 Å². The van der Waals surface area contributed by atoms with Crippen LogP contribution in [0.3, 0.4) is 0 Å². The predicted octanol–water partition coefficient (Wildman–Crippen LogP) is 4.62. The van der Waals surface area contributed by atoms with Crippen molar-refractivity contribution in [3.05, 3.63) is 47.5 Å². The van der Waals surface area contributed by atoms with Gasteiger partial charge in [-0.3, -0.25) is 4.79 Å². The zero-order chi connectivity index (χ0) is 27.7. The fourth-order valence-corrected chi connectivity index (χ4v) is 4.62. The van der Waals surface area contributed by atoms with Crippen molar-refractivity contribution in [1.29, 1.82) is 10.5 Å². The molecule has 0 atom stereocenters. The molecule has 0 aliphatic rings. The Balaban J connectivity index is 1.88. The number of carbonyl (C=O) groups excluding carboxylic acids is 1. The summed E-state index contributed by atoms with van der Waals surface area (Å²) in [7, 11) is 4.42. The maximum absolute atomic E-state index is 12.5. The quantitative estimate of drug-likeness (QED) is 0.334. The number of hydrogen-bond donors (Lipinski definition) is 2. The summed E-state index contributed by atoms with van der Waals surface area (Å²) in [6, 6.07) is 14.5. The van der Waals surface area contributed by atoms with Gasteiger partial charge in [0.2, 0.25) is 11.7 Å². The summed E-state index contributed by atoms with van der Waals surface area (Å²) in [6.07, 6.45) is 0.157.